The highest BCUT2D eigenvalue weighted by Gasteiger charge is 2.25. The zero-order valence-electron chi connectivity index (χ0n) is 9.88. The number of Topliss-reactive ketones (excluding diaryl/α,β-unsaturated/α-hetero) is 1. The quantitative estimate of drug-likeness (QED) is 0.839. The zero-order valence-corrected chi connectivity index (χ0v) is 12.3. The normalized spacial score (nSPS) is 12.1. The van der Waals surface area contributed by atoms with Crippen LogP contribution in [0.25, 0.3) is 0 Å². The first-order valence-electron chi connectivity index (χ1n) is 5.63. The Morgan fingerprint density at radius 3 is 2.63 bits per heavy atom. The molecular formula is C14H11BrO3S. The van der Waals surface area contributed by atoms with Crippen LogP contribution < -0.4 is 0 Å². The first-order valence-corrected chi connectivity index (χ1v) is 7.30. The Hall–Kier alpha value is -1.46. The number of carboxylic acid groups (broad SMARTS) is 1. The first-order chi connectivity index (χ1) is 9.08. The average Bonchev–Trinajstić information content (AvgIpc) is 2.88. The summed E-state index contributed by atoms with van der Waals surface area (Å²) in [7, 11) is 0. The van der Waals surface area contributed by atoms with Crippen LogP contribution in [0.15, 0.2) is 46.3 Å². The van der Waals surface area contributed by atoms with Crippen LogP contribution in [-0.2, 0) is 4.79 Å². The Morgan fingerprint density at radius 1 is 1.26 bits per heavy atom. The number of aliphatic carboxylic acids is 1. The molecule has 0 bridgehead atoms. The predicted molar refractivity (Wildman–Crippen MR) is 77.8 cm³/mol. The van der Waals surface area contributed by atoms with Crippen molar-refractivity contribution in [3.63, 3.8) is 0 Å². The number of benzene rings is 1. The molecule has 1 N–H and O–H groups in total. The van der Waals surface area contributed by atoms with Gasteiger partial charge in [0.2, 0.25) is 0 Å². The summed E-state index contributed by atoms with van der Waals surface area (Å²) in [4.78, 5) is 24.0. The molecule has 5 heteroatoms. The van der Waals surface area contributed by atoms with Gasteiger partial charge in [-0.1, -0.05) is 34.1 Å². The van der Waals surface area contributed by atoms with E-state index in [4.69, 9.17) is 5.11 Å². The number of hydrogen-bond donors (Lipinski definition) is 1. The lowest BCUT2D eigenvalue weighted by atomic mass is 9.91. The molecule has 1 heterocycles. The standard InChI is InChI=1S/C14H11BrO3S/c15-10-4-1-3-9(7-10)11(8-13(16)17)14(18)12-5-2-6-19-12/h1-7,11H,8H2,(H,16,17). The van der Waals surface area contributed by atoms with Crippen molar-refractivity contribution in [3.05, 3.63) is 56.7 Å². The number of rotatable bonds is 5. The highest BCUT2D eigenvalue weighted by Crippen LogP contribution is 2.28. The van der Waals surface area contributed by atoms with E-state index in [1.54, 1.807) is 30.3 Å². The second kappa shape index (κ2) is 6.12. The fourth-order valence-corrected chi connectivity index (χ4v) is 2.99. The molecule has 0 aliphatic carbocycles. The summed E-state index contributed by atoms with van der Waals surface area (Å²) in [5.74, 6) is -1.76. The van der Waals surface area contributed by atoms with Gasteiger partial charge < -0.3 is 5.11 Å². The van der Waals surface area contributed by atoms with Crippen molar-refractivity contribution in [2.24, 2.45) is 0 Å². The largest absolute Gasteiger partial charge is 0.481 e. The van der Waals surface area contributed by atoms with Crippen molar-refractivity contribution in [2.45, 2.75) is 12.3 Å². The lowest BCUT2D eigenvalue weighted by Crippen LogP contribution is -2.16. The van der Waals surface area contributed by atoms with Crippen LogP contribution in [0.4, 0.5) is 0 Å². The fraction of sp³-hybridized carbons (Fsp3) is 0.143. The van der Waals surface area contributed by atoms with Gasteiger partial charge in [-0.05, 0) is 29.1 Å². The Labute approximate surface area is 123 Å². The summed E-state index contributed by atoms with van der Waals surface area (Å²) < 4.78 is 0.833. The Kier molecular flexibility index (Phi) is 4.50. The third-order valence-electron chi connectivity index (χ3n) is 2.71. The lowest BCUT2D eigenvalue weighted by molar-refractivity contribution is -0.137. The van der Waals surface area contributed by atoms with Crippen molar-refractivity contribution < 1.29 is 14.7 Å². The molecular weight excluding hydrogens is 328 g/mol. The van der Waals surface area contributed by atoms with Gasteiger partial charge in [-0.2, -0.15) is 0 Å². The molecule has 0 aliphatic heterocycles. The number of carbonyl (C=O) groups excluding carboxylic acids is 1. The van der Waals surface area contributed by atoms with Gasteiger partial charge in [-0.15, -0.1) is 11.3 Å². The minimum Gasteiger partial charge on any atom is -0.481 e. The molecule has 1 aromatic heterocycles. The SMILES string of the molecule is O=C(O)CC(C(=O)c1cccs1)c1cccc(Br)c1. The van der Waals surface area contributed by atoms with Gasteiger partial charge in [0.25, 0.3) is 0 Å². The maximum absolute atomic E-state index is 12.4. The van der Waals surface area contributed by atoms with Crippen LogP contribution in [0.3, 0.4) is 0 Å². The second-order valence-electron chi connectivity index (χ2n) is 4.05. The van der Waals surface area contributed by atoms with Gasteiger partial charge >= 0.3 is 5.97 Å². The van der Waals surface area contributed by atoms with Crippen molar-refractivity contribution in [2.75, 3.05) is 0 Å². The number of ketones is 1. The molecule has 0 amide bonds. The van der Waals surface area contributed by atoms with E-state index in [0.29, 0.717) is 4.88 Å². The van der Waals surface area contributed by atoms with Crippen LogP contribution in [0.5, 0.6) is 0 Å². The van der Waals surface area contributed by atoms with E-state index in [1.807, 2.05) is 11.4 Å². The van der Waals surface area contributed by atoms with Crippen LogP contribution in [-0.4, -0.2) is 16.9 Å². The molecule has 3 nitrogen and oxygen atoms in total. The Balaban J connectivity index is 2.36. The van der Waals surface area contributed by atoms with E-state index in [0.717, 1.165) is 10.0 Å². The van der Waals surface area contributed by atoms with Crippen molar-refractivity contribution in [1.82, 2.24) is 0 Å². The lowest BCUT2D eigenvalue weighted by Gasteiger charge is -2.13. The topological polar surface area (TPSA) is 54.4 Å². The molecule has 19 heavy (non-hydrogen) atoms. The summed E-state index contributed by atoms with van der Waals surface area (Å²) in [6.07, 6.45) is -0.201. The van der Waals surface area contributed by atoms with Crippen LogP contribution in [0, 0.1) is 0 Å². The van der Waals surface area contributed by atoms with Gasteiger partial charge in [0.1, 0.15) is 0 Å². The molecule has 1 unspecified atom stereocenters. The number of halogens is 1. The van der Waals surface area contributed by atoms with Crippen LogP contribution in [0.1, 0.15) is 27.6 Å². The average molecular weight is 339 g/mol. The van der Waals surface area contributed by atoms with E-state index in [9.17, 15) is 9.59 Å². The second-order valence-corrected chi connectivity index (χ2v) is 5.91. The van der Waals surface area contributed by atoms with Gasteiger partial charge in [0, 0.05) is 4.47 Å². The van der Waals surface area contributed by atoms with Gasteiger partial charge in [-0.3, -0.25) is 9.59 Å². The molecule has 0 radical (unpaired) electrons. The van der Waals surface area contributed by atoms with Gasteiger partial charge in [0.15, 0.2) is 5.78 Å². The molecule has 0 aliphatic rings. The number of hydrogen-bond acceptors (Lipinski definition) is 3. The molecule has 2 aromatic rings. The van der Waals surface area contributed by atoms with Crippen molar-refractivity contribution >= 4 is 39.0 Å². The summed E-state index contributed by atoms with van der Waals surface area (Å²) in [5, 5.41) is 10.8. The van der Waals surface area contributed by atoms with E-state index < -0.39 is 11.9 Å². The van der Waals surface area contributed by atoms with Crippen molar-refractivity contribution in [1.29, 1.82) is 0 Å². The maximum Gasteiger partial charge on any atom is 0.304 e. The molecule has 0 saturated heterocycles. The Morgan fingerprint density at radius 2 is 2.05 bits per heavy atom. The predicted octanol–water partition coefficient (Wildman–Crippen LogP) is 3.95. The third kappa shape index (κ3) is 3.52. The van der Waals surface area contributed by atoms with E-state index >= 15 is 0 Å². The molecule has 0 fully saturated rings. The molecule has 98 valence electrons. The summed E-state index contributed by atoms with van der Waals surface area (Å²) in [6.45, 7) is 0. The maximum atomic E-state index is 12.4. The number of thiophene rings is 1. The summed E-state index contributed by atoms with van der Waals surface area (Å²) in [6, 6.07) is 10.7. The van der Waals surface area contributed by atoms with E-state index in [1.165, 1.54) is 11.3 Å². The molecule has 0 spiro atoms. The van der Waals surface area contributed by atoms with Crippen LogP contribution >= 0.6 is 27.3 Å². The molecule has 1 aromatic carbocycles. The van der Waals surface area contributed by atoms with Gasteiger partial charge in [0.05, 0.1) is 17.2 Å². The highest BCUT2D eigenvalue weighted by atomic mass is 79.9. The first kappa shape index (κ1) is 14.0. The minimum atomic E-state index is -0.977. The third-order valence-corrected chi connectivity index (χ3v) is 4.09. The fourth-order valence-electron chi connectivity index (χ4n) is 1.85. The molecule has 0 saturated carbocycles. The summed E-state index contributed by atoms with van der Waals surface area (Å²) in [5.41, 5.74) is 0.718. The smallest absolute Gasteiger partial charge is 0.304 e. The van der Waals surface area contributed by atoms with E-state index in [-0.39, 0.29) is 12.2 Å². The van der Waals surface area contributed by atoms with Crippen molar-refractivity contribution in [3.8, 4) is 0 Å². The van der Waals surface area contributed by atoms with Crippen LogP contribution in [0.2, 0.25) is 0 Å². The molecule has 1 atom stereocenters. The molecule has 2 rings (SSSR count). The summed E-state index contributed by atoms with van der Waals surface area (Å²) >= 11 is 4.67. The number of carboxylic acids is 1. The number of carbonyl (C=O) groups is 2. The minimum absolute atomic E-state index is 0.143. The van der Waals surface area contributed by atoms with E-state index in [2.05, 4.69) is 15.9 Å². The Bertz CT molecular complexity index is 592. The highest BCUT2D eigenvalue weighted by molar-refractivity contribution is 9.10. The zero-order chi connectivity index (χ0) is 13.8. The monoisotopic (exact) mass is 338 g/mol. The van der Waals surface area contributed by atoms with Gasteiger partial charge in [-0.25, -0.2) is 0 Å².